The molecule has 1 amide bonds. The Kier molecular flexibility index (Phi) is 5.91. The summed E-state index contributed by atoms with van der Waals surface area (Å²) in [5.41, 5.74) is 8.11. The van der Waals surface area contributed by atoms with Gasteiger partial charge in [0.2, 0.25) is 0 Å². The fourth-order valence-electron chi connectivity index (χ4n) is 2.09. The molecule has 0 spiro atoms. The number of hydrogen-bond donors (Lipinski definition) is 2. The second-order valence-corrected chi connectivity index (χ2v) is 5.93. The van der Waals surface area contributed by atoms with Gasteiger partial charge in [0.1, 0.15) is 18.1 Å². The number of hydrogen-bond acceptors (Lipinski definition) is 5. The van der Waals surface area contributed by atoms with Crippen molar-refractivity contribution in [2.75, 3.05) is 19.7 Å². The average Bonchev–Trinajstić information content (AvgIpc) is 2.95. The predicted molar refractivity (Wildman–Crippen MR) is 88.6 cm³/mol. The van der Waals surface area contributed by atoms with E-state index < -0.39 is 0 Å². The third kappa shape index (κ3) is 4.29. The van der Waals surface area contributed by atoms with Gasteiger partial charge in [-0.3, -0.25) is 4.79 Å². The molecule has 2 rings (SSSR count). The smallest absolute Gasteiger partial charge is 0.270 e. The van der Waals surface area contributed by atoms with E-state index >= 15 is 0 Å². The zero-order valence-electron chi connectivity index (χ0n) is 12.9. The van der Waals surface area contributed by atoms with Crippen LogP contribution in [0.2, 0.25) is 0 Å². The Labute approximate surface area is 134 Å². The molecule has 5 nitrogen and oxygen atoms in total. The largest absolute Gasteiger partial charge is 0.491 e. The van der Waals surface area contributed by atoms with Gasteiger partial charge in [0.25, 0.3) is 5.91 Å². The van der Waals surface area contributed by atoms with E-state index in [4.69, 9.17) is 10.5 Å². The van der Waals surface area contributed by atoms with Gasteiger partial charge < -0.3 is 15.8 Å². The van der Waals surface area contributed by atoms with Crippen molar-refractivity contribution < 1.29 is 9.53 Å². The summed E-state index contributed by atoms with van der Waals surface area (Å²) in [6, 6.07) is 6.02. The Morgan fingerprint density at radius 2 is 2.09 bits per heavy atom. The number of thiazole rings is 1. The van der Waals surface area contributed by atoms with Gasteiger partial charge in [0.05, 0.1) is 11.6 Å². The van der Waals surface area contributed by atoms with Crippen LogP contribution in [0.25, 0.3) is 0 Å². The second-order valence-electron chi connectivity index (χ2n) is 4.99. The summed E-state index contributed by atoms with van der Waals surface area (Å²) in [6.07, 6.45) is 0.702. The van der Waals surface area contributed by atoms with Crippen molar-refractivity contribution in [3.8, 4) is 5.75 Å². The van der Waals surface area contributed by atoms with Crippen LogP contribution >= 0.6 is 11.3 Å². The molecule has 0 bridgehead atoms. The van der Waals surface area contributed by atoms with Crippen LogP contribution in [0.1, 0.15) is 26.6 Å². The van der Waals surface area contributed by atoms with E-state index in [1.807, 2.05) is 32.0 Å². The van der Waals surface area contributed by atoms with Crippen molar-refractivity contribution in [3.05, 3.63) is 45.4 Å². The van der Waals surface area contributed by atoms with Gasteiger partial charge >= 0.3 is 0 Å². The molecule has 3 N–H and O–H groups in total. The maximum atomic E-state index is 12.0. The Morgan fingerprint density at radius 3 is 2.77 bits per heavy atom. The fraction of sp³-hybridized carbons (Fsp3) is 0.375. The van der Waals surface area contributed by atoms with Crippen molar-refractivity contribution in [3.63, 3.8) is 0 Å². The van der Waals surface area contributed by atoms with Crippen LogP contribution in [0.3, 0.4) is 0 Å². The molecule has 2 aromatic rings. The Bertz CT molecular complexity index is 620. The first-order valence-corrected chi connectivity index (χ1v) is 8.11. The Morgan fingerprint density at radius 1 is 1.36 bits per heavy atom. The standard InChI is InChI=1S/C16H21N3O2S/c1-11-4-3-5-12(2)15(11)21-9-8-18-16(20)13-10-22-14(19-13)6-7-17/h3-5,10H,6-9,17H2,1-2H3,(H,18,20). The van der Waals surface area contributed by atoms with E-state index in [0.717, 1.165) is 21.9 Å². The van der Waals surface area contributed by atoms with E-state index in [1.165, 1.54) is 11.3 Å². The lowest BCUT2D eigenvalue weighted by molar-refractivity contribution is 0.0942. The molecule has 0 saturated carbocycles. The number of para-hydroxylation sites is 1. The minimum absolute atomic E-state index is 0.176. The predicted octanol–water partition coefficient (Wildman–Crippen LogP) is 2.07. The summed E-state index contributed by atoms with van der Waals surface area (Å²) in [4.78, 5) is 16.2. The molecule has 1 aromatic carbocycles. The zero-order chi connectivity index (χ0) is 15.9. The third-order valence-corrected chi connectivity index (χ3v) is 4.09. The number of benzene rings is 1. The highest BCUT2D eigenvalue weighted by molar-refractivity contribution is 7.09. The zero-order valence-corrected chi connectivity index (χ0v) is 13.7. The molecule has 1 aromatic heterocycles. The van der Waals surface area contributed by atoms with E-state index in [0.29, 0.717) is 31.8 Å². The number of nitrogens with two attached hydrogens (primary N) is 1. The van der Waals surface area contributed by atoms with Gasteiger partial charge in [-0.2, -0.15) is 0 Å². The minimum atomic E-state index is -0.176. The quantitative estimate of drug-likeness (QED) is 0.766. The second kappa shape index (κ2) is 7.91. The van der Waals surface area contributed by atoms with Crippen LogP contribution < -0.4 is 15.8 Å². The Balaban J connectivity index is 1.79. The SMILES string of the molecule is Cc1cccc(C)c1OCCNC(=O)c1csc(CCN)n1. The number of nitrogens with one attached hydrogen (secondary N) is 1. The molecule has 118 valence electrons. The number of amides is 1. The maximum Gasteiger partial charge on any atom is 0.270 e. The van der Waals surface area contributed by atoms with Gasteiger partial charge in [-0.05, 0) is 31.5 Å². The van der Waals surface area contributed by atoms with Crippen LogP contribution in [0.5, 0.6) is 5.75 Å². The molecule has 0 saturated heterocycles. The van der Waals surface area contributed by atoms with Crippen LogP contribution in [0.15, 0.2) is 23.6 Å². The number of carbonyl (C=O) groups excluding carboxylic acids is 1. The molecule has 0 atom stereocenters. The highest BCUT2D eigenvalue weighted by Crippen LogP contribution is 2.21. The molecule has 0 aliphatic heterocycles. The first-order valence-electron chi connectivity index (χ1n) is 7.23. The molecule has 0 radical (unpaired) electrons. The molecule has 0 aliphatic rings. The summed E-state index contributed by atoms with van der Waals surface area (Å²) in [5.74, 6) is 0.709. The summed E-state index contributed by atoms with van der Waals surface area (Å²) in [6.45, 7) is 5.43. The van der Waals surface area contributed by atoms with Gasteiger partial charge in [-0.1, -0.05) is 18.2 Å². The number of ether oxygens (including phenoxy) is 1. The monoisotopic (exact) mass is 319 g/mol. The third-order valence-electron chi connectivity index (χ3n) is 3.19. The first-order chi connectivity index (χ1) is 10.6. The fourth-order valence-corrected chi connectivity index (χ4v) is 2.88. The lowest BCUT2D eigenvalue weighted by Gasteiger charge is -2.12. The number of nitrogens with zero attached hydrogens (tertiary/aromatic N) is 1. The van der Waals surface area contributed by atoms with Gasteiger partial charge in [0, 0.05) is 11.8 Å². The van der Waals surface area contributed by atoms with Crippen LogP contribution in [-0.2, 0) is 6.42 Å². The highest BCUT2D eigenvalue weighted by Gasteiger charge is 2.10. The van der Waals surface area contributed by atoms with Gasteiger partial charge in [0.15, 0.2) is 0 Å². The average molecular weight is 319 g/mol. The minimum Gasteiger partial charge on any atom is -0.491 e. The van der Waals surface area contributed by atoms with E-state index in [1.54, 1.807) is 5.38 Å². The van der Waals surface area contributed by atoms with E-state index in [2.05, 4.69) is 10.3 Å². The lowest BCUT2D eigenvalue weighted by Crippen LogP contribution is -2.28. The summed E-state index contributed by atoms with van der Waals surface area (Å²) < 4.78 is 5.75. The summed E-state index contributed by atoms with van der Waals surface area (Å²) in [7, 11) is 0. The number of rotatable bonds is 7. The van der Waals surface area contributed by atoms with E-state index in [-0.39, 0.29) is 5.91 Å². The Hall–Kier alpha value is -1.92. The number of aryl methyl sites for hydroxylation is 2. The normalized spacial score (nSPS) is 10.5. The molecule has 6 heteroatoms. The van der Waals surface area contributed by atoms with Crippen LogP contribution in [-0.4, -0.2) is 30.6 Å². The molecule has 0 aliphatic carbocycles. The highest BCUT2D eigenvalue weighted by atomic mass is 32.1. The van der Waals surface area contributed by atoms with Crippen molar-refractivity contribution in [2.24, 2.45) is 5.73 Å². The first kappa shape index (κ1) is 16.5. The van der Waals surface area contributed by atoms with Crippen molar-refractivity contribution in [2.45, 2.75) is 20.3 Å². The topological polar surface area (TPSA) is 77.2 Å². The summed E-state index contributed by atoms with van der Waals surface area (Å²) >= 11 is 1.46. The molecule has 0 unspecified atom stereocenters. The van der Waals surface area contributed by atoms with E-state index in [9.17, 15) is 4.79 Å². The maximum absolute atomic E-state index is 12.0. The molecular weight excluding hydrogens is 298 g/mol. The van der Waals surface area contributed by atoms with Gasteiger partial charge in [-0.15, -0.1) is 11.3 Å². The molecular formula is C16H21N3O2S. The molecule has 22 heavy (non-hydrogen) atoms. The van der Waals surface area contributed by atoms with Crippen LogP contribution in [0.4, 0.5) is 0 Å². The lowest BCUT2D eigenvalue weighted by atomic mass is 10.1. The molecule has 1 heterocycles. The number of carbonyl (C=O) groups is 1. The number of aromatic nitrogens is 1. The molecule has 0 fully saturated rings. The van der Waals surface area contributed by atoms with Crippen LogP contribution in [0, 0.1) is 13.8 Å². The van der Waals surface area contributed by atoms with Crippen molar-refractivity contribution in [1.29, 1.82) is 0 Å². The van der Waals surface area contributed by atoms with Crippen molar-refractivity contribution in [1.82, 2.24) is 10.3 Å². The van der Waals surface area contributed by atoms with Crippen molar-refractivity contribution >= 4 is 17.2 Å². The van der Waals surface area contributed by atoms with Gasteiger partial charge in [-0.25, -0.2) is 4.98 Å². The summed E-state index contributed by atoms with van der Waals surface area (Å²) in [5, 5.41) is 5.46.